The molecule has 6 rings (SSSR count). The van der Waals surface area contributed by atoms with Crippen LogP contribution in [-0.2, 0) is 4.79 Å². The number of anilines is 1. The number of ether oxygens (including phenoxy) is 2. The minimum Gasteiger partial charge on any atom is -0.486 e. The highest BCUT2D eigenvalue weighted by Gasteiger charge is 2.34. The Hall–Kier alpha value is -2.59. The number of rotatable bonds is 7. The molecule has 1 unspecified atom stereocenters. The van der Waals surface area contributed by atoms with E-state index in [1.807, 2.05) is 6.07 Å². The lowest BCUT2D eigenvalue weighted by molar-refractivity contribution is -0.126. The van der Waals surface area contributed by atoms with Gasteiger partial charge >= 0.3 is 0 Å². The van der Waals surface area contributed by atoms with E-state index in [1.165, 1.54) is 6.07 Å². The average Bonchev–Trinajstić information content (AvgIpc) is 3.50. The summed E-state index contributed by atoms with van der Waals surface area (Å²) < 4.78 is 27.5. The molecule has 3 atom stereocenters. The maximum absolute atomic E-state index is 14.7. The van der Waals surface area contributed by atoms with E-state index < -0.39 is 18.0 Å². The monoisotopic (exact) mass is 545 g/mol. The van der Waals surface area contributed by atoms with Gasteiger partial charge in [0.1, 0.15) is 19.3 Å². The Bertz CT molecular complexity index is 1320. The predicted molar refractivity (Wildman–Crippen MR) is 142 cm³/mol. The van der Waals surface area contributed by atoms with Gasteiger partial charge in [0.25, 0.3) is 0 Å². The van der Waals surface area contributed by atoms with Gasteiger partial charge in [0.05, 0.1) is 16.3 Å². The van der Waals surface area contributed by atoms with E-state index in [0.717, 1.165) is 52.6 Å². The summed E-state index contributed by atoms with van der Waals surface area (Å²) in [6.45, 7) is 4.31. The number of nitrogens with one attached hydrogen (secondary N) is 1. The first-order valence-corrected chi connectivity index (χ1v) is 13.9. The fraction of sp³-hybridized carbons (Fsp3) is 0.444. The van der Waals surface area contributed by atoms with Crippen molar-refractivity contribution < 1.29 is 23.8 Å². The number of hydrogen-bond donors (Lipinski definition) is 2. The number of amides is 1. The number of carbonyl (C=O) groups is 1. The van der Waals surface area contributed by atoms with Crippen LogP contribution in [0.2, 0.25) is 4.34 Å². The first-order valence-electron chi connectivity index (χ1n) is 12.7. The van der Waals surface area contributed by atoms with Crippen molar-refractivity contribution in [1.82, 2.24) is 10.2 Å². The van der Waals surface area contributed by atoms with Crippen molar-refractivity contribution in [3.63, 3.8) is 0 Å². The van der Waals surface area contributed by atoms with Crippen LogP contribution in [0.25, 0.3) is 10.1 Å². The Morgan fingerprint density at radius 2 is 2.03 bits per heavy atom. The van der Waals surface area contributed by atoms with Gasteiger partial charge < -0.3 is 29.7 Å². The molecule has 1 aromatic heterocycles. The Labute approximate surface area is 223 Å². The van der Waals surface area contributed by atoms with Gasteiger partial charge in [0.15, 0.2) is 17.3 Å². The Balaban J connectivity index is 1.16. The molecule has 0 aliphatic carbocycles. The SMILES string of the molecule is O=C(N[C@H](CN1CCC1)[C@H](O)c1cc(F)c2c(c1)OCCO2)C1CCN(c2ccc3cc(Cl)sc3c2)C1. The highest BCUT2D eigenvalue weighted by molar-refractivity contribution is 7.22. The van der Waals surface area contributed by atoms with Gasteiger partial charge in [0.2, 0.25) is 5.91 Å². The fourth-order valence-corrected chi connectivity index (χ4v) is 6.48. The summed E-state index contributed by atoms with van der Waals surface area (Å²) in [5.74, 6) is -0.518. The zero-order valence-corrected chi connectivity index (χ0v) is 21.9. The minimum atomic E-state index is -1.08. The van der Waals surface area contributed by atoms with Gasteiger partial charge in [0, 0.05) is 30.0 Å². The van der Waals surface area contributed by atoms with Crippen LogP contribution in [0.4, 0.5) is 10.1 Å². The van der Waals surface area contributed by atoms with Gasteiger partial charge in [-0.15, -0.1) is 11.3 Å². The summed E-state index contributed by atoms with van der Waals surface area (Å²) in [6, 6.07) is 10.5. The third-order valence-corrected chi connectivity index (χ3v) is 8.70. The number of carbonyl (C=O) groups excluding carboxylic acids is 1. The van der Waals surface area contributed by atoms with Crippen LogP contribution in [0.3, 0.4) is 0 Å². The summed E-state index contributed by atoms with van der Waals surface area (Å²) in [5.41, 5.74) is 1.44. The predicted octanol–water partition coefficient (Wildman–Crippen LogP) is 4.22. The van der Waals surface area contributed by atoms with Crippen LogP contribution in [0, 0.1) is 11.7 Å². The van der Waals surface area contributed by atoms with Crippen LogP contribution in [0.5, 0.6) is 11.5 Å². The molecule has 4 heterocycles. The summed E-state index contributed by atoms with van der Waals surface area (Å²) in [7, 11) is 0. The van der Waals surface area contributed by atoms with Crippen molar-refractivity contribution >= 4 is 44.6 Å². The third kappa shape index (κ3) is 5.10. The first kappa shape index (κ1) is 24.7. The number of hydrogen-bond acceptors (Lipinski definition) is 7. The number of aliphatic hydroxyl groups excluding tert-OH is 1. The molecule has 0 spiro atoms. The molecule has 3 aliphatic heterocycles. The van der Waals surface area contributed by atoms with Crippen molar-refractivity contribution in [3.05, 3.63) is 52.1 Å². The molecular weight excluding hydrogens is 517 g/mol. The minimum absolute atomic E-state index is 0.0691. The molecule has 3 aliphatic rings. The van der Waals surface area contributed by atoms with E-state index in [4.69, 9.17) is 21.1 Å². The van der Waals surface area contributed by atoms with Gasteiger partial charge in [-0.25, -0.2) is 4.39 Å². The van der Waals surface area contributed by atoms with Crippen molar-refractivity contribution in [2.45, 2.75) is 25.0 Å². The van der Waals surface area contributed by atoms with Gasteiger partial charge in [-0.05, 0) is 67.2 Å². The topological polar surface area (TPSA) is 74.3 Å². The number of fused-ring (bicyclic) bond motifs is 2. The summed E-state index contributed by atoms with van der Waals surface area (Å²) in [6.07, 6.45) is 0.728. The van der Waals surface area contributed by atoms with Crippen molar-refractivity contribution in [2.24, 2.45) is 5.92 Å². The number of aliphatic hydroxyl groups is 1. The number of halogens is 2. The summed E-state index contributed by atoms with van der Waals surface area (Å²) >= 11 is 7.71. The molecule has 3 aromatic rings. The van der Waals surface area contributed by atoms with Crippen LogP contribution in [-0.4, -0.2) is 67.9 Å². The van der Waals surface area contributed by atoms with Gasteiger partial charge in [-0.3, -0.25) is 4.79 Å². The largest absolute Gasteiger partial charge is 0.486 e. The molecular formula is C27H29ClFN3O4S. The molecule has 2 saturated heterocycles. The molecule has 37 heavy (non-hydrogen) atoms. The number of likely N-dealkylation sites (tertiary alicyclic amines) is 1. The first-order chi connectivity index (χ1) is 17.9. The lowest BCUT2D eigenvalue weighted by Gasteiger charge is -2.36. The molecule has 1 amide bonds. The Morgan fingerprint density at radius 1 is 1.19 bits per heavy atom. The van der Waals surface area contributed by atoms with Gasteiger partial charge in [-0.1, -0.05) is 17.7 Å². The van der Waals surface area contributed by atoms with Crippen LogP contribution in [0.1, 0.15) is 24.5 Å². The van der Waals surface area contributed by atoms with Crippen molar-refractivity contribution in [2.75, 3.05) is 50.8 Å². The molecule has 0 bridgehead atoms. The van der Waals surface area contributed by atoms with Crippen LogP contribution >= 0.6 is 22.9 Å². The lowest BCUT2D eigenvalue weighted by atomic mass is 9.98. The molecule has 2 fully saturated rings. The second-order valence-electron chi connectivity index (χ2n) is 9.95. The van der Waals surface area contributed by atoms with E-state index in [-0.39, 0.29) is 29.9 Å². The maximum Gasteiger partial charge on any atom is 0.225 e. The standard InChI is InChI=1S/C27H29ClFN3O4S/c28-24-12-16-2-3-19(13-23(16)37-24)32-7-4-17(14-32)27(34)30-21(15-31-5-1-6-31)25(33)18-10-20(29)26-22(11-18)35-8-9-36-26/h2-3,10-13,17,21,25,33H,1,4-9,14-15H2,(H,30,34)/t17?,21-,25-/m1/s1. The molecule has 2 N–H and O–H groups in total. The van der Waals surface area contributed by atoms with Crippen molar-refractivity contribution in [3.8, 4) is 11.5 Å². The normalized spacial score (nSPS) is 21.1. The molecule has 0 radical (unpaired) electrons. The summed E-state index contributed by atoms with van der Waals surface area (Å²) in [4.78, 5) is 17.8. The molecule has 2 aromatic carbocycles. The van der Waals surface area contributed by atoms with Crippen LogP contribution < -0.4 is 19.7 Å². The van der Waals surface area contributed by atoms with E-state index in [2.05, 4.69) is 33.3 Å². The molecule has 10 heteroatoms. The number of benzene rings is 2. The maximum atomic E-state index is 14.7. The zero-order chi connectivity index (χ0) is 25.5. The number of thiophene rings is 1. The molecule has 7 nitrogen and oxygen atoms in total. The highest BCUT2D eigenvalue weighted by atomic mass is 35.5. The smallest absolute Gasteiger partial charge is 0.225 e. The second kappa shape index (κ2) is 10.3. The van der Waals surface area contributed by atoms with E-state index >= 15 is 0 Å². The molecule has 0 saturated carbocycles. The Morgan fingerprint density at radius 3 is 2.84 bits per heavy atom. The second-order valence-corrected chi connectivity index (χ2v) is 11.7. The fourth-order valence-electron chi connectivity index (χ4n) is 5.29. The number of nitrogens with zero attached hydrogens (tertiary/aromatic N) is 2. The highest BCUT2D eigenvalue weighted by Crippen LogP contribution is 2.37. The van der Waals surface area contributed by atoms with E-state index in [0.29, 0.717) is 25.3 Å². The quantitative estimate of drug-likeness (QED) is 0.463. The van der Waals surface area contributed by atoms with Crippen molar-refractivity contribution in [1.29, 1.82) is 0 Å². The Kier molecular flexibility index (Phi) is 6.88. The van der Waals surface area contributed by atoms with E-state index in [1.54, 1.807) is 17.4 Å². The summed E-state index contributed by atoms with van der Waals surface area (Å²) in [5, 5.41) is 15.5. The molecule has 196 valence electrons. The lowest BCUT2D eigenvalue weighted by Crippen LogP contribution is -2.52. The zero-order valence-electron chi connectivity index (χ0n) is 20.3. The van der Waals surface area contributed by atoms with E-state index in [9.17, 15) is 14.3 Å². The average molecular weight is 546 g/mol. The van der Waals surface area contributed by atoms with Gasteiger partial charge in [-0.2, -0.15) is 0 Å². The third-order valence-electron chi connectivity index (χ3n) is 7.47. The van der Waals surface area contributed by atoms with Crippen LogP contribution in [0.15, 0.2) is 36.4 Å².